The predicted molar refractivity (Wildman–Crippen MR) is 98.9 cm³/mol. The molecule has 0 aliphatic rings. The number of ether oxygens (including phenoxy) is 2. The van der Waals surface area contributed by atoms with Crippen molar-refractivity contribution >= 4 is 11.8 Å². The molecule has 0 heterocycles. The van der Waals surface area contributed by atoms with Crippen molar-refractivity contribution in [2.24, 2.45) is 0 Å². The quantitative estimate of drug-likeness (QED) is 0.276. The highest BCUT2D eigenvalue weighted by molar-refractivity contribution is 5.97. The molecule has 0 aliphatic carbocycles. The number of rotatable bonds is 8. The summed E-state index contributed by atoms with van der Waals surface area (Å²) in [5.74, 6) is -2.71. The minimum Gasteiger partial charge on any atom is -0.497 e. The molecule has 0 N–H and O–H groups in total. The monoisotopic (exact) mass is 425 g/mol. The molecule has 0 saturated heterocycles. The highest BCUT2D eigenvalue weighted by Crippen LogP contribution is 2.33. The number of hydrogen-bond donors (Lipinski definition) is 0. The Morgan fingerprint density at radius 3 is 2.23 bits per heavy atom. The van der Waals surface area contributed by atoms with Crippen LogP contribution >= 0.6 is 0 Å². The molecule has 0 aliphatic heterocycles. The molecular formula is C20H18F3NO6. The van der Waals surface area contributed by atoms with E-state index in [4.69, 9.17) is 4.74 Å². The van der Waals surface area contributed by atoms with Crippen molar-refractivity contribution in [2.45, 2.75) is 24.6 Å². The number of alkyl halides is 3. The third-order valence-electron chi connectivity index (χ3n) is 4.51. The van der Waals surface area contributed by atoms with Gasteiger partial charge in [0.1, 0.15) is 5.75 Å². The second kappa shape index (κ2) is 9.38. The number of carbonyl (C=O) groups is 2. The maximum Gasteiger partial charge on any atom is 0.416 e. The van der Waals surface area contributed by atoms with Gasteiger partial charge < -0.3 is 9.47 Å². The number of nitrogens with zero attached hydrogens (tertiary/aromatic N) is 1. The Morgan fingerprint density at radius 1 is 1.10 bits per heavy atom. The van der Waals surface area contributed by atoms with Crippen LogP contribution in [0.2, 0.25) is 0 Å². The molecule has 10 heteroatoms. The summed E-state index contributed by atoms with van der Waals surface area (Å²) in [7, 11) is 2.35. The number of hydrogen-bond acceptors (Lipinski definition) is 6. The zero-order valence-electron chi connectivity index (χ0n) is 16.0. The lowest BCUT2D eigenvalue weighted by Gasteiger charge is -2.20. The SMILES string of the molecule is COC(=O)C(C(CC(=O)c1cccc(OC)c1)c1ccc(C(F)(F)F)cc1)[N+](=O)[O-]. The summed E-state index contributed by atoms with van der Waals surface area (Å²) in [5.41, 5.74) is -0.746. The van der Waals surface area contributed by atoms with Gasteiger partial charge in [0, 0.05) is 16.9 Å². The molecule has 0 fully saturated rings. The molecule has 2 atom stereocenters. The van der Waals surface area contributed by atoms with E-state index >= 15 is 0 Å². The second-order valence-corrected chi connectivity index (χ2v) is 6.34. The van der Waals surface area contributed by atoms with Crippen LogP contribution in [-0.2, 0) is 15.7 Å². The van der Waals surface area contributed by atoms with Crippen molar-refractivity contribution in [3.63, 3.8) is 0 Å². The number of ketones is 1. The average molecular weight is 425 g/mol. The second-order valence-electron chi connectivity index (χ2n) is 6.34. The summed E-state index contributed by atoms with van der Waals surface area (Å²) in [4.78, 5) is 35.4. The van der Waals surface area contributed by atoms with E-state index < -0.39 is 46.8 Å². The van der Waals surface area contributed by atoms with Gasteiger partial charge in [0.25, 0.3) is 0 Å². The third-order valence-corrected chi connectivity index (χ3v) is 4.51. The van der Waals surface area contributed by atoms with Gasteiger partial charge >= 0.3 is 18.2 Å². The van der Waals surface area contributed by atoms with Crippen LogP contribution in [0.15, 0.2) is 48.5 Å². The lowest BCUT2D eigenvalue weighted by atomic mass is 9.85. The van der Waals surface area contributed by atoms with Gasteiger partial charge in [0.2, 0.25) is 0 Å². The number of nitro groups is 1. The summed E-state index contributed by atoms with van der Waals surface area (Å²) in [6, 6.07) is 7.58. The fraction of sp³-hybridized carbons (Fsp3) is 0.300. The van der Waals surface area contributed by atoms with Crippen molar-refractivity contribution < 1.29 is 37.2 Å². The lowest BCUT2D eigenvalue weighted by molar-refractivity contribution is -0.514. The minimum absolute atomic E-state index is 0.0337. The van der Waals surface area contributed by atoms with Gasteiger partial charge in [-0.05, 0) is 29.8 Å². The van der Waals surface area contributed by atoms with Gasteiger partial charge in [0.15, 0.2) is 5.78 Å². The van der Waals surface area contributed by atoms with E-state index in [1.165, 1.54) is 19.2 Å². The molecule has 2 unspecified atom stereocenters. The maximum absolute atomic E-state index is 12.8. The maximum atomic E-state index is 12.8. The van der Waals surface area contributed by atoms with Gasteiger partial charge in [-0.1, -0.05) is 24.3 Å². The Labute approximate surface area is 169 Å². The van der Waals surface area contributed by atoms with Crippen molar-refractivity contribution in [1.29, 1.82) is 0 Å². The highest BCUT2D eigenvalue weighted by Gasteiger charge is 2.42. The van der Waals surface area contributed by atoms with Gasteiger partial charge in [-0.2, -0.15) is 13.2 Å². The molecule has 0 amide bonds. The predicted octanol–water partition coefficient (Wildman–Crippen LogP) is 3.89. The molecular weight excluding hydrogens is 407 g/mol. The van der Waals surface area contributed by atoms with Gasteiger partial charge in [-0.3, -0.25) is 14.9 Å². The molecule has 0 spiro atoms. The van der Waals surface area contributed by atoms with Crippen molar-refractivity contribution in [1.82, 2.24) is 0 Å². The summed E-state index contributed by atoms with van der Waals surface area (Å²) in [6.45, 7) is 0. The molecule has 2 aromatic carbocycles. The Kier molecular flexibility index (Phi) is 7.14. The lowest BCUT2D eigenvalue weighted by Crippen LogP contribution is -2.37. The topological polar surface area (TPSA) is 95.7 Å². The van der Waals surface area contributed by atoms with Gasteiger partial charge in [-0.15, -0.1) is 0 Å². The Balaban J connectivity index is 2.46. The molecule has 7 nitrogen and oxygen atoms in total. The number of methoxy groups -OCH3 is 2. The molecule has 160 valence electrons. The molecule has 0 saturated carbocycles. The number of benzene rings is 2. The van der Waals surface area contributed by atoms with E-state index in [2.05, 4.69) is 4.74 Å². The number of esters is 1. The van der Waals surface area contributed by atoms with Crippen molar-refractivity contribution in [3.8, 4) is 5.75 Å². The molecule has 2 rings (SSSR count). The number of carbonyl (C=O) groups excluding carboxylic acids is 2. The Bertz CT molecular complexity index is 927. The first-order valence-corrected chi connectivity index (χ1v) is 8.64. The van der Waals surface area contributed by atoms with Crippen LogP contribution in [0, 0.1) is 10.1 Å². The summed E-state index contributed by atoms with van der Waals surface area (Å²) in [5, 5.41) is 11.6. The zero-order valence-corrected chi connectivity index (χ0v) is 16.0. The third kappa shape index (κ3) is 5.34. The van der Waals surface area contributed by atoms with Gasteiger partial charge in [0.05, 0.1) is 25.7 Å². The Morgan fingerprint density at radius 2 is 1.73 bits per heavy atom. The van der Waals surface area contributed by atoms with Crippen LogP contribution in [-0.4, -0.2) is 36.9 Å². The van der Waals surface area contributed by atoms with Crippen LogP contribution in [0.4, 0.5) is 13.2 Å². The summed E-state index contributed by atoms with van der Waals surface area (Å²) in [6.07, 6.45) is -5.10. The minimum atomic E-state index is -4.60. The normalized spacial score (nSPS) is 13.2. The van der Waals surface area contributed by atoms with E-state index in [-0.39, 0.29) is 11.1 Å². The zero-order chi connectivity index (χ0) is 22.5. The summed E-state index contributed by atoms with van der Waals surface area (Å²) >= 11 is 0. The van der Waals surface area contributed by atoms with E-state index in [0.29, 0.717) is 5.75 Å². The highest BCUT2D eigenvalue weighted by atomic mass is 19.4. The molecule has 0 bridgehead atoms. The molecule has 0 aromatic heterocycles. The smallest absolute Gasteiger partial charge is 0.416 e. The molecule has 30 heavy (non-hydrogen) atoms. The number of Topliss-reactive ketones (excluding diaryl/α,β-unsaturated/α-hetero) is 1. The van der Waals surface area contributed by atoms with E-state index in [9.17, 15) is 32.9 Å². The summed E-state index contributed by atoms with van der Waals surface area (Å²) < 4.78 is 48.1. The molecule has 2 aromatic rings. The van der Waals surface area contributed by atoms with Crippen molar-refractivity contribution in [2.75, 3.05) is 14.2 Å². The standard InChI is InChI=1S/C20H18F3NO6/c1-29-15-5-3-4-13(10-15)17(25)11-16(18(24(27)28)19(26)30-2)12-6-8-14(9-7-12)20(21,22)23/h3-10,16,18H,11H2,1-2H3. The van der Waals surface area contributed by atoms with Crippen LogP contribution < -0.4 is 4.74 Å². The van der Waals surface area contributed by atoms with Crippen LogP contribution in [0.1, 0.15) is 33.8 Å². The Hall–Kier alpha value is -3.43. The van der Waals surface area contributed by atoms with E-state index in [1.807, 2.05) is 0 Å². The fourth-order valence-electron chi connectivity index (χ4n) is 2.96. The molecule has 0 radical (unpaired) electrons. The number of halogens is 3. The van der Waals surface area contributed by atoms with E-state index in [1.54, 1.807) is 12.1 Å². The van der Waals surface area contributed by atoms with Crippen LogP contribution in [0.25, 0.3) is 0 Å². The average Bonchev–Trinajstić information content (AvgIpc) is 2.72. The van der Waals surface area contributed by atoms with Crippen molar-refractivity contribution in [3.05, 3.63) is 75.3 Å². The first-order chi connectivity index (χ1) is 14.1. The first-order valence-electron chi connectivity index (χ1n) is 8.64. The van der Waals surface area contributed by atoms with Crippen LogP contribution in [0.3, 0.4) is 0 Å². The van der Waals surface area contributed by atoms with Gasteiger partial charge in [-0.25, -0.2) is 4.79 Å². The first kappa shape index (κ1) is 22.9. The van der Waals surface area contributed by atoms with E-state index in [0.717, 1.165) is 31.4 Å². The fourth-order valence-corrected chi connectivity index (χ4v) is 2.96. The van der Waals surface area contributed by atoms with Crippen LogP contribution in [0.5, 0.6) is 5.75 Å². The largest absolute Gasteiger partial charge is 0.497 e.